The third-order valence-corrected chi connectivity index (χ3v) is 4.84. The molecule has 2 aromatic rings. The third-order valence-electron chi connectivity index (χ3n) is 4.84. The van der Waals surface area contributed by atoms with Gasteiger partial charge in [-0.25, -0.2) is 0 Å². The average Bonchev–Trinajstić information content (AvgIpc) is 2.59. The van der Waals surface area contributed by atoms with Gasteiger partial charge in [-0.2, -0.15) is 0 Å². The molecule has 28 heavy (non-hydrogen) atoms. The van der Waals surface area contributed by atoms with Gasteiger partial charge in [0.25, 0.3) is 11.8 Å². The number of hydrogen-bond acceptors (Lipinski definition) is 2. The summed E-state index contributed by atoms with van der Waals surface area (Å²) in [4.78, 5) is 25.4. The predicted molar refractivity (Wildman–Crippen MR) is 114 cm³/mol. The largest absolute Gasteiger partial charge is 0.351 e. The van der Waals surface area contributed by atoms with Gasteiger partial charge in [-0.3, -0.25) is 9.59 Å². The summed E-state index contributed by atoms with van der Waals surface area (Å²) in [6, 6.07) is 12.3. The summed E-state index contributed by atoms with van der Waals surface area (Å²) in [6.07, 6.45) is 0.809. The fourth-order valence-corrected chi connectivity index (χ4v) is 3.46. The Morgan fingerprint density at radius 1 is 0.893 bits per heavy atom. The highest BCUT2D eigenvalue weighted by molar-refractivity contribution is 5.93. The van der Waals surface area contributed by atoms with Gasteiger partial charge >= 0.3 is 0 Å². The molecular weight excluding hydrogens is 350 g/mol. The van der Waals surface area contributed by atoms with Gasteiger partial charge in [0.2, 0.25) is 0 Å². The first-order valence-corrected chi connectivity index (χ1v) is 9.76. The maximum absolute atomic E-state index is 12.4. The van der Waals surface area contributed by atoms with Gasteiger partial charge < -0.3 is 15.5 Å². The van der Waals surface area contributed by atoms with E-state index >= 15 is 0 Å². The van der Waals surface area contributed by atoms with Crippen LogP contribution in [-0.4, -0.2) is 38.5 Å². The molecule has 2 rings (SSSR count). The molecule has 0 heterocycles. The van der Waals surface area contributed by atoms with Gasteiger partial charge in [0, 0.05) is 12.2 Å². The lowest BCUT2D eigenvalue weighted by Crippen LogP contribution is -3.11. The maximum Gasteiger partial charge on any atom is 0.279 e. The quantitative estimate of drug-likeness (QED) is 0.651. The Morgan fingerprint density at radius 3 is 2.14 bits per heavy atom. The smallest absolute Gasteiger partial charge is 0.279 e. The number of rotatable bonds is 8. The van der Waals surface area contributed by atoms with Gasteiger partial charge in [-0.05, 0) is 56.4 Å². The fourth-order valence-electron chi connectivity index (χ4n) is 3.46. The lowest BCUT2D eigenvalue weighted by molar-refractivity contribution is -0.862. The molecule has 2 aromatic carbocycles. The van der Waals surface area contributed by atoms with Crippen LogP contribution in [0.4, 0.5) is 5.69 Å². The minimum absolute atomic E-state index is 0.0402. The number of amides is 2. The summed E-state index contributed by atoms with van der Waals surface area (Å²) in [7, 11) is 1.86. The average molecular weight is 383 g/mol. The fraction of sp³-hybridized carbons (Fsp3) is 0.391. The summed E-state index contributed by atoms with van der Waals surface area (Å²) in [5.41, 5.74) is 6.63. The van der Waals surface area contributed by atoms with Crippen LogP contribution in [0.25, 0.3) is 0 Å². The van der Waals surface area contributed by atoms with Crippen LogP contribution < -0.4 is 15.5 Å². The highest BCUT2D eigenvalue weighted by Crippen LogP contribution is 2.21. The highest BCUT2D eigenvalue weighted by Gasteiger charge is 2.15. The van der Waals surface area contributed by atoms with Crippen molar-refractivity contribution in [3.8, 4) is 0 Å². The van der Waals surface area contributed by atoms with Crippen molar-refractivity contribution < 1.29 is 14.5 Å². The molecule has 5 nitrogen and oxygen atoms in total. The summed E-state index contributed by atoms with van der Waals surface area (Å²) in [5, 5.41) is 5.93. The SMILES string of the molecule is Cc1cc(C)c(NC(=O)C[NH+](C)CC(=O)NCCc2ccccc2C)c(C)c1. The summed E-state index contributed by atoms with van der Waals surface area (Å²) < 4.78 is 0. The number of carbonyl (C=O) groups excluding carboxylic acids is 2. The number of quaternary nitrogens is 1. The van der Waals surface area contributed by atoms with Gasteiger partial charge in [0.05, 0.1) is 7.05 Å². The maximum atomic E-state index is 12.4. The lowest BCUT2D eigenvalue weighted by Gasteiger charge is -2.16. The molecule has 1 atom stereocenters. The zero-order valence-electron chi connectivity index (χ0n) is 17.6. The van der Waals surface area contributed by atoms with Crippen molar-refractivity contribution in [2.75, 3.05) is 32.0 Å². The van der Waals surface area contributed by atoms with Crippen molar-refractivity contribution in [2.24, 2.45) is 0 Å². The van der Waals surface area contributed by atoms with E-state index in [1.807, 2.05) is 40.0 Å². The van der Waals surface area contributed by atoms with E-state index in [0.717, 1.165) is 28.1 Å². The normalized spacial score (nSPS) is 11.8. The number of hydrogen-bond donors (Lipinski definition) is 3. The molecule has 1 unspecified atom stereocenters. The second kappa shape index (κ2) is 10.0. The zero-order valence-corrected chi connectivity index (χ0v) is 17.6. The molecule has 0 saturated heterocycles. The number of benzene rings is 2. The Morgan fingerprint density at radius 2 is 1.50 bits per heavy atom. The van der Waals surface area contributed by atoms with Crippen LogP contribution in [0.2, 0.25) is 0 Å². The number of nitrogens with one attached hydrogen (secondary N) is 3. The highest BCUT2D eigenvalue weighted by atomic mass is 16.2. The van der Waals surface area contributed by atoms with Crippen LogP contribution in [0.5, 0.6) is 0 Å². The Labute approximate surface area is 168 Å². The van der Waals surface area contributed by atoms with E-state index in [2.05, 4.69) is 41.8 Å². The monoisotopic (exact) mass is 382 g/mol. The van der Waals surface area contributed by atoms with Crippen molar-refractivity contribution in [3.05, 3.63) is 64.2 Å². The number of carbonyl (C=O) groups is 2. The van der Waals surface area contributed by atoms with Crippen molar-refractivity contribution in [2.45, 2.75) is 34.1 Å². The Bertz CT molecular complexity index is 822. The molecule has 0 radical (unpaired) electrons. The molecule has 2 amide bonds. The number of likely N-dealkylation sites (N-methyl/N-ethyl adjacent to an activating group) is 1. The molecule has 0 spiro atoms. The molecule has 0 aromatic heterocycles. The van der Waals surface area contributed by atoms with Crippen molar-refractivity contribution in [1.82, 2.24) is 5.32 Å². The Hall–Kier alpha value is -2.66. The first-order valence-electron chi connectivity index (χ1n) is 9.76. The second-order valence-corrected chi connectivity index (χ2v) is 7.66. The number of anilines is 1. The van der Waals surface area contributed by atoms with Crippen LogP contribution in [0.3, 0.4) is 0 Å². The molecule has 3 N–H and O–H groups in total. The molecule has 0 bridgehead atoms. The van der Waals surface area contributed by atoms with E-state index in [1.165, 1.54) is 16.7 Å². The Balaban J connectivity index is 1.76. The van der Waals surface area contributed by atoms with Crippen LogP contribution in [0.1, 0.15) is 27.8 Å². The van der Waals surface area contributed by atoms with Crippen molar-refractivity contribution >= 4 is 17.5 Å². The molecule has 0 aliphatic heterocycles. The second-order valence-electron chi connectivity index (χ2n) is 7.66. The third kappa shape index (κ3) is 6.50. The Kier molecular flexibility index (Phi) is 7.76. The minimum Gasteiger partial charge on any atom is -0.351 e. The standard InChI is InChI=1S/C23H31N3O2/c1-16-12-18(3)23(19(4)13-16)25-22(28)15-26(5)14-21(27)24-11-10-20-9-7-6-8-17(20)2/h6-9,12-13H,10-11,14-15H2,1-5H3,(H,24,27)(H,25,28)/p+1. The molecule has 0 aliphatic rings. The van der Waals surface area contributed by atoms with E-state index in [9.17, 15) is 9.59 Å². The molecule has 0 aliphatic carbocycles. The lowest BCUT2D eigenvalue weighted by atomic mass is 10.1. The topological polar surface area (TPSA) is 62.6 Å². The molecular formula is C23H32N3O2+. The van der Waals surface area contributed by atoms with E-state index in [0.29, 0.717) is 6.54 Å². The molecule has 150 valence electrons. The number of aryl methyl sites for hydroxylation is 4. The summed E-state index contributed by atoms with van der Waals surface area (Å²) in [5.74, 6) is -0.123. The summed E-state index contributed by atoms with van der Waals surface area (Å²) >= 11 is 0. The first kappa shape index (κ1) is 21.6. The van der Waals surface area contributed by atoms with Crippen LogP contribution >= 0.6 is 0 Å². The van der Waals surface area contributed by atoms with Gasteiger partial charge in [0.1, 0.15) is 0 Å². The molecule has 5 heteroatoms. The molecule has 0 saturated carbocycles. The first-order chi connectivity index (χ1) is 13.3. The van der Waals surface area contributed by atoms with E-state index in [-0.39, 0.29) is 24.9 Å². The predicted octanol–water partition coefficient (Wildman–Crippen LogP) is 1.73. The van der Waals surface area contributed by atoms with Crippen LogP contribution in [0.15, 0.2) is 36.4 Å². The van der Waals surface area contributed by atoms with E-state index in [4.69, 9.17) is 0 Å². The van der Waals surface area contributed by atoms with E-state index < -0.39 is 0 Å². The zero-order chi connectivity index (χ0) is 20.7. The van der Waals surface area contributed by atoms with Crippen LogP contribution in [-0.2, 0) is 16.0 Å². The molecule has 0 fully saturated rings. The van der Waals surface area contributed by atoms with Gasteiger partial charge in [-0.1, -0.05) is 42.0 Å². The minimum atomic E-state index is -0.0831. The van der Waals surface area contributed by atoms with Crippen LogP contribution in [0, 0.1) is 27.7 Å². The van der Waals surface area contributed by atoms with E-state index in [1.54, 1.807) is 0 Å². The van der Waals surface area contributed by atoms with Gasteiger partial charge in [-0.15, -0.1) is 0 Å². The van der Waals surface area contributed by atoms with Gasteiger partial charge in [0.15, 0.2) is 13.1 Å². The van der Waals surface area contributed by atoms with Crippen molar-refractivity contribution in [3.63, 3.8) is 0 Å². The van der Waals surface area contributed by atoms with Crippen molar-refractivity contribution in [1.29, 1.82) is 0 Å². The summed E-state index contributed by atoms with van der Waals surface area (Å²) in [6.45, 7) is 9.23.